The predicted octanol–water partition coefficient (Wildman–Crippen LogP) is 2.25. The lowest BCUT2D eigenvalue weighted by atomic mass is 10.1. The second-order valence-electron chi connectivity index (χ2n) is 6.09. The van der Waals surface area contributed by atoms with E-state index in [9.17, 15) is 9.59 Å². The summed E-state index contributed by atoms with van der Waals surface area (Å²) >= 11 is 0. The van der Waals surface area contributed by atoms with Crippen LogP contribution in [-0.2, 0) is 4.79 Å². The zero-order valence-electron chi connectivity index (χ0n) is 13.4. The summed E-state index contributed by atoms with van der Waals surface area (Å²) in [5.41, 5.74) is 1.32. The zero-order chi connectivity index (χ0) is 15.9. The summed E-state index contributed by atoms with van der Waals surface area (Å²) in [5, 5.41) is 5.72. The van der Waals surface area contributed by atoms with E-state index in [0.717, 1.165) is 18.8 Å². The molecule has 2 N–H and O–H groups in total. The molecular formula is C17H25N3O2. The molecule has 5 nitrogen and oxygen atoms in total. The summed E-state index contributed by atoms with van der Waals surface area (Å²) in [6, 6.07) is 7.10. The molecule has 1 aromatic rings. The number of rotatable bonds is 5. The number of hydrogen-bond donors (Lipinski definition) is 2. The van der Waals surface area contributed by atoms with Crippen LogP contribution < -0.4 is 10.6 Å². The topological polar surface area (TPSA) is 61.4 Å². The minimum absolute atomic E-state index is 0.00119. The van der Waals surface area contributed by atoms with Crippen molar-refractivity contribution in [2.75, 3.05) is 25.0 Å². The molecule has 1 aromatic carbocycles. The van der Waals surface area contributed by atoms with Gasteiger partial charge in [-0.3, -0.25) is 14.5 Å². The predicted molar refractivity (Wildman–Crippen MR) is 88.0 cm³/mol. The maximum Gasteiger partial charge on any atom is 0.251 e. The molecule has 0 radical (unpaired) electrons. The number of carbonyl (C=O) groups is 2. The highest BCUT2D eigenvalue weighted by atomic mass is 16.2. The Morgan fingerprint density at radius 2 is 1.73 bits per heavy atom. The van der Waals surface area contributed by atoms with Gasteiger partial charge in [-0.2, -0.15) is 0 Å². The van der Waals surface area contributed by atoms with E-state index in [2.05, 4.69) is 15.5 Å². The highest BCUT2D eigenvalue weighted by Crippen LogP contribution is 2.11. The quantitative estimate of drug-likeness (QED) is 0.877. The van der Waals surface area contributed by atoms with E-state index in [4.69, 9.17) is 0 Å². The molecule has 1 aliphatic rings. The van der Waals surface area contributed by atoms with E-state index in [0.29, 0.717) is 12.1 Å². The summed E-state index contributed by atoms with van der Waals surface area (Å²) in [5.74, 6) is -0.0949. The van der Waals surface area contributed by atoms with Crippen LogP contribution in [-0.4, -0.2) is 42.4 Å². The van der Waals surface area contributed by atoms with Crippen molar-refractivity contribution >= 4 is 17.5 Å². The zero-order valence-corrected chi connectivity index (χ0v) is 13.4. The average molecular weight is 303 g/mol. The second kappa shape index (κ2) is 7.94. The minimum atomic E-state index is -0.0961. The molecule has 0 atom stereocenters. The first kappa shape index (κ1) is 16.5. The molecule has 1 heterocycles. The molecule has 0 aromatic heterocycles. The number of hydrogen-bond acceptors (Lipinski definition) is 3. The average Bonchev–Trinajstić information content (AvgIpc) is 2.48. The summed E-state index contributed by atoms with van der Waals surface area (Å²) in [7, 11) is 0. The van der Waals surface area contributed by atoms with Crippen LogP contribution in [0.25, 0.3) is 0 Å². The number of piperidine rings is 1. The molecule has 1 aliphatic heterocycles. The van der Waals surface area contributed by atoms with Gasteiger partial charge in [0.2, 0.25) is 5.91 Å². The summed E-state index contributed by atoms with van der Waals surface area (Å²) in [6.45, 7) is 6.29. The van der Waals surface area contributed by atoms with Crippen molar-refractivity contribution in [2.45, 2.75) is 39.2 Å². The van der Waals surface area contributed by atoms with Crippen LogP contribution in [0, 0.1) is 0 Å². The van der Waals surface area contributed by atoms with Crippen LogP contribution in [0.5, 0.6) is 0 Å². The van der Waals surface area contributed by atoms with Crippen molar-refractivity contribution in [1.82, 2.24) is 10.2 Å². The Balaban J connectivity index is 1.85. The Morgan fingerprint density at radius 1 is 1.09 bits per heavy atom. The van der Waals surface area contributed by atoms with Gasteiger partial charge in [-0.15, -0.1) is 0 Å². The van der Waals surface area contributed by atoms with Crippen molar-refractivity contribution in [3.05, 3.63) is 29.8 Å². The Kier molecular flexibility index (Phi) is 5.95. The molecule has 1 fully saturated rings. The smallest absolute Gasteiger partial charge is 0.251 e. The van der Waals surface area contributed by atoms with Crippen LogP contribution in [0.15, 0.2) is 24.3 Å². The SMILES string of the molecule is CC(C)NC(=O)c1ccc(NC(=O)CN2CCCCC2)cc1. The first-order valence-electron chi connectivity index (χ1n) is 7.98. The highest BCUT2D eigenvalue weighted by molar-refractivity contribution is 5.96. The lowest BCUT2D eigenvalue weighted by molar-refractivity contribution is -0.117. The fourth-order valence-corrected chi connectivity index (χ4v) is 2.57. The van der Waals surface area contributed by atoms with E-state index in [-0.39, 0.29) is 17.9 Å². The van der Waals surface area contributed by atoms with E-state index in [1.54, 1.807) is 24.3 Å². The van der Waals surface area contributed by atoms with Gasteiger partial charge < -0.3 is 10.6 Å². The molecule has 2 rings (SSSR count). The van der Waals surface area contributed by atoms with Gasteiger partial charge in [0, 0.05) is 17.3 Å². The van der Waals surface area contributed by atoms with E-state index >= 15 is 0 Å². The lowest BCUT2D eigenvalue weighted by Gasteiger charge is -2.25. The first-order valence-corrected chi connectivity index (χ1v) is 7.98. The summed E-state index contributed by atoms with van der Waals surface area (Å²) in [6.07, 6.45) is 3.61. The van der Waals surface area contributed by atoms with Crippen LogP contribution in [0.1, 0.15) is 43.5 Å². The van der Waals surface area contributed by atoms with Gasteiger partial charge in [-0.1, -0.05) is 6.42 Å². The number of amides is 2. The number of nitrogens with zero attached hydrogens (tertiary/aromatic N) is 1. The van der Waals surface area contributed by atoms with Crippen molar-refractivity contribution < 1.29 is 9.59 Å². The second-order valence-corrected chi connectivity index (χ2v) is 6.09. The van der Waals surface area contributed by atoms with Crippen molar-refractivity contribution in [3.63, 3.8) is 0 Å². The van der Waals surface area contributed by atoms with Crippen molar-refractivity contribution in [1.29, 1.82) is 0 Å². The standard InChI is InChI=1S/C17H25N3O2/c1-13(2)18-17(22)14-6-8-15(9-7-14)19-16(21)12-20-10-4-3-5-11-20/h6-9,13H,3-5,10-12H2,1-2H3,(H,18,22)(H,19,21). The molecule has 120 valence electrons. The van der Waals surface area contributed by atoms with Gasteiger partial charge >= 0.3 is 0 Å². The molecule has 0 saturated carbocycles. The van der Waals surface area contributed by atoms with E-state index in [1.165, 1.54) is 19.3 Å². The normalized spacial score (nSPS) is 15.6. The highest BCUT2D eigenvalue weighted by Gasteiger charge is 2.14. The van der Waals surface area contributed by atoms with Crippen LogP contribution in [0.4, 0.5) is 5.69 Å². The molecule has 5 heteroatoms. The monoisotopic (exact) mass is 303 g/mol. The maximum atomic E-state index is 12.0. The lowest BCUT2D eigenvalue weighted by Crippen LogP contribution is -2.36. The van der Waals surface area contributed by atoms with Gasteiger partial charge in [0.1, 0.15) is 0 Å². The Bertz CT molecular complexity index is 505. The van der Waals surface area contributed by atoms with Crippen molar-refractivity contribution in [2.24, 2.45) is 0 Å². The summed E-state index contributed by atoms with van der Waals surface area (Å²) in [4.78, 5) is 26.0. The molecule has 0 spiro atoms. The number of benzene rings is 1. The maximum absolute atomic E-state index is 12.0. The molecule has 0 aliphatic carbocycles. The Labute approximate surface area is 132 Å². The van der Waals surface area contributed by atoms with E-state index < -0.39 is 0 Å². The third-order valence-corrected chi connectivity index (χ3v) is 3.67. The largest absolute Gasteiger partial charge is 0.350 e. The number of likely N-dealkylation sites (tertiary alicyclic amines) is 1. The third-order valence-electron chi connectivity index (χ3n) is 3.67. The summed E-state index contributed by atoms with van der Waals surface area (Å²) < 4.78 is 0. The van der Waals surface area contributed by atoms with Gasteiger partial charge in [0.15, 0.2) is 0 Å². The van der Waals surface area contributed by atoms with Crippen LogP contribution in [0.2, 0.25) is 0 Å². The van der Waals surface area contributed by atoms with Gasteiger partial charge in [0.05, 0.1) is 6.54 Å². The molecule has 22 heavy (non-hydrogen) atoms. The minimum Gasteiger partial charge on any atom is -0.350 e. The third kappa shape index (κ3) is 5.15. The van der Waals surface area contributed by atoms with Crippen LogP contribution in [0.3, 0.4) is 0 Å². The number of anilines is 1. The molecule has 0 bridgehead atoms. The van der Waals surface area contributed by atoms with Crippen molar-refractivity contribution in [3.8, 4) is 0 Å². The van der Waals surface area contributed by atoms with Gasteiger partial charge in [-0.25, -0.2) is 0 Å². The molecule has 0 unspecified atom stereocenters. The Morgan fingerprint density at radius 3 is 2.32 bits per heavy atom. The van der Waals surface area contributed by atoms with Crippen LogP contribution >= 0.6 is 0 Å². The molecular weight excluding hydrogens is 278 g/mol. The van der Waals surface area contributed by atoms with Gasteiger partial charge in [0.25, 0.3) is 5.91 Å². The van der Waals surface area contributed by atoms with Gasteiger partial charge in [-0.05, 0) is 64.0 Å². The molecule has 2 amide bonds. The molecule has 1 saturated heterocycles. The first-order chi connectivity index (χ1) is 10.5. The Hall–Kier alpha value is -1.88. The fourth-order valence-electron chi connectivity index (χ4n) is 2.57. The number of carbonyl (C=O) groups excluding carboxylic acids is 2. The fraction of sp³-hybridized carbons (Fsp3) is 0.529. The number of nitrogens with one attached hydrogen (secondary N) is 2. The van der Waals surface area contributed by atoms with E-state index in [1.807, 2.05) is 13.8 Å².